The third-order valence-electron chi connectivity index (χ3n) is 2.97. The van der Waals surface area contributed by atoms with E-state index in [2.05, 4.69) is 61.5 Å². The van der Waals surface area contributed by atoms with E-state index in [0.29, 0.717) is 0 Å². The Morgan fingerprint density at radius 1 is 0.667 bits per heavy atom. The maximum absolute atomic E-state index is 2.26. The predicted octanol–water partition coefficient (Wildman–Crippen LogP) is 5.95. The molecule has 0 N–H and O–H groups in total. The molecule has 0 fully saturated rings. The monoisotopic (exact) mass is 350 g/mol. The molecule has 94 valence electrons. The van der Waals surface area contributed by atoms with Gasteiger partial charge in [-0.2, -0.15) is 0 Å². The van der Waals surface area contributed by atoms with Crippen LogP contribution in [0, 0.1) is 6.92 Å². The SMILES string of the molecule is CC.Cc1cc2ccccc2c2ccccc12.I. The second-order valence-electron chi connectivity index (χ2n) is 3.96. The molecule has 3 aromatic carbocycles. The van der Waals surface area contributed by atoms with Crippen molar-refractivity contribution in [3.05, 3.63) is 60.2 Å². The van der Waals surface area contributed by atoms with Crippen molar-refractivity contribution < 1.29 is 0 Å². The van der Waals surface area contributed by atoms with Gasteiger partial charge in [0.1, 0.15) is 0 Å². The largest absolute Gasteiger partial charge is 0.107 e. The average Bonchev–Trinajstić information content (AvgIpc) is 2.42. The summed E-state index contributed by atoms with van der Waals surface area (Å²) in [4.78, 5) is 0. The number of hydrogen-bond acceptors (Lipinski definition) is 0. The van der Waals surface area contributed by atoms with Gasteiger partial charge in [0.15, 0.2) is 0 Å². The zero-order chi connectivity index (χ0) is 12.3. The predicted molar refractivity (Wildman–Crippen MR) is 93.0 cm³/mol. The molecule has 0 nitrogen and oxygen atoms in total. The molecular weight excluding hydrogens is 331 g/mol. The van der Waals surface area contributed by atoms with Crippen LogP contribution in [0.25, 0.3) is 21.5 Å². The molecule has 0 atom stereocenters. The highest BCUT2D eigenvalue weighted by Crippen LogP contribution is 2.27. The molecule has 3 aromatic rings. The number of aryl methyl sites for hydroxylation is 1. The summed E-state index contributed by atoms with van der Waals surface area (Å²) in [5.74, 6) is 0. The van der Waals surface area contributed by atoms with Crippen molar-refractivity contribution in [3.63, 3.8) is 0 Å². The van der Waals surface area contributed by atoms with Crippen LogP contribution in [0.3, 0.4) is 0 Å². The molecule has 0 heterocycles. The summed E-state index contributed by atoms with van der Waals surface area (Å²) in [7, 11) is 0. The molecule has 3 rings (SSSR count). The molecule has 0 bridgehead atoms. The third-order valence-corrected chi connectivity index (χ3v) is 2.97. The average molecular weight is 350 g/mol. The summed E-state index contributed by atoms with van der Waals surface area (Å²) >= 11 is 0. The van der Waals surface area contributed by atoms with Crippen molar-refractivity contribution in [2.75, 3.05) is 0 Å². The minimum absolute atomic E-state index is 0. The summed E-state index contributed by atoms with van der Waals surface area (Å²) in [5.41, 5.74) is 1.35. The van der Waals surface area contributed by atoms with Crippen LogP contribution in [0.15, 0.2) is 54.6 Å². The molecule has 0 aliphatic rings. The van der Waals surface area contributed by atoms with Gasteiger partial charge in [0.2, 0.25) is 0 Å². The quantitative estimate of drug-likeness (QED) is 0.347. The topological polar surface area (TPSA) is 0 Å². The van der Waals surface area contributed by atoms with E-state index in [-0.39, 0.29) is 24.0 Å². The summed E-state index contributed by atoms with van der Waals surface area (Å²) in [6, 6.07) is 19.4. The lowest BCUT2D eigenvalue weighted by atomic mass is 9.98. The molecule has 0 saturated heterocycles. The Bertz CT molecular complexity index is 641. The number of halogens is 1. The fourth-order valence-corrected chi connectivity index (χ4v) is 2.24. The van der Waals surface area contributed by atoms with Crippen molar-refractivity contribution in [3.8, 4) is 0 Å². The van der Waals surface area contributed by atoms with Crippen molar-refractivity contribution in [1.29, 1.82) is 0 Å². The van der Waals surface area contributed by atoms with Crippen molar-refractivity contribution in [2.24, 2.45) is 0 Å². The van der Waals surface area contributed by atoms with Crippen LogP contribution < -0.4 is 0 Å². The lowest BCUT2D eigenvalue weighted by Crippen LogP contribution is -1.81. The second kappa shape index (κ2) is 6.74. The van der Waals surface area contributed by atoms with E-state index in [1.54, 1.807) is 0 Å². The van der Waals surface area contributed by atoms with Crippen LogP contribution in [0.5, 0.6) is 0 Å². The first-order chi connectivity index (χ1) is 8.36. The highest BCUT2D eigenvalue weighted by Gasteiger charge is 2.01. The summed E-state index contributed by atoms with van der Waals surface area (Å²) < 4.78 is 0. The first-order valence-electron chi connectivity index (χ1n) is 6.23. The van der Waals surface area contributed by atoms with Crippen LogP contribution >= 0.6 is 24.0 Å². The molecular formula is C17H19I. The van der Waals surface area contributed by atoms with Crippen LogP contribution in [-0.2, 0) is 0 Å². The molecule has 0 radical (unpaired) electrons. The van der Waals surface area contributed by atoms with E-state index >= 15 is 0 Å². The molecule has 18 heavy (non-hydrogen) atoms. The first-order valence-corrected chi connectivity index (χ1v) is 6.23. The third kappa shape index (κ3) is 2.66. The van der Waals surface area contributed by atoms with Crippen LogP contribution in [0.4, 0.5) is 0 Å². The molecule has 0 amide bonds. The van der Waals surface area contributed by atoms with Gasteiger partial charge in [0.25, 0.3) is 0 Å². The molecule has 0 aliphatic heterocycles. The lowest BCUT2D eigenvalue weighted by molar-refractivity contribution is 1.50. The summed E-state index contributed by atoms with van der Waals surface area (Å²) in [6.07, 6.45) is 0. The maximum Gasteiger partial charge on any atom is -0.0103 e. The van der Waals surface area contributed by atoms with Crippen LogP contribution in [0.2, 0.25) is 0 Å². The Labute approximate surface area is 126 Å². The second-order valence-corrected chi connectivity index (χ2v) is 3.96. The standard InChI is InChI=1S/C15H12.C2H6.HI/c1-11-10-12-6-2-3-8-14(12)15-9-5-4-7-13(11)15;1-2;/h2-10H,1H3;1-2H3;1H. The Morgan fingerprint density at radius 3 is 1.83 bits per heavy atom. The number of benzene rings is 3. The van der Waals surface area contributed by atoms with E-state index in [0.717, 1.165) is 0 Å². The van der Waals surface area contributed by atoms with Gasteiger partial charge in [-0.3, -0.25) is 0 Å². The Morgan fingerprint density at radius 2 is 1.17 bits per heavy atom. The van der Waals surface area contributed by atoms with Gasteiger partial charge in [-0.15, -0.1) is 24.0 Å². The van der Waals surface area contributed by atoms with Crippen LogP contribution in [-0.4, -0.2) is 0 Å². The Balaban J connectivity index is 0.000000516. The Kier molecular flexibility index (Phi) is 5.60. The van der Waals surface area contributed by atoms with Gasteiger partial charge in [-0.25, -0.2) is 0 Å². The lowest BCUT2D eigenvalue weighted by Gasteiger charge is -2.06. The highest BCUT2D eigenvalue weighted by molar-refractivity contribution is 14.0. The van der Waals surface area contributed by atoms with E-state index in [9.17, 15) is 0 Å². The van der Waals surface area contributed by atoms with Gasteiger partial charge >= 0.3 is 0 Å². The fourth-order valence-electron chi connectivity index (χ4n) is 2.24. The number of fused-ring (bicyclic) bond motifs is 3. The van der Waals surface area contributed by atoms with Gasteiger partial charge in [-0.1, -0.05) is 68.4 Å². The maximum atomic E-state index is 2.26. The first kappa shape index (κ1) is 15.0. The fraction of sp³-hybridized carbons (Fsp3) is 0.176. The van der Waals surface area contributed by atoms with E-state index in [1.165, 1.54) is 27.1 Å². The van der Waals surface area contributed by atoms with Crippen molar-refractivity contribution >= 4 is 45.5 Å². The molecule has 0 unspecified atom stereocenters. The zero-order valence-electron chi connectivity index (χ0n) is 11.1. The molecule has 1 heteroatoms. The minimum atomic E-state index is 0. The summed E-state index contributed by atoms with van der Waals surface area (Å²) in [5, 5.41) is 5.39. The number of hydrogen-bond donors (Lipinski definition) is 0. The van der Waals surface area contributed by atoms with Crippen LogP contribution in [0.1, 0.15) is 19.4 Å². The molecule has 0 saturated carbocycles. The van der Waals surface area contributed by atoms with Crippen molar-refractivity contribution in [1.82, 2.24) is 0 Å². The molecule has 0 aromatic heterocycles. The van der Waals surface area contributed by atoms with E-state index in [1.807, 2.05) is 13.8 Å². The highest BCUT2D eigenvalue weighted by atomic mass is 127. The van der Waals surface area contributed by atoms with Gasteiger partial charge in [0, 0.05) is 0 Å². The summed E-state index contributed by atoms with van der Waals surface area (Å²) in [6.45, 7) is 6.18. The van der Waals surface area contributed by atoms with Gasteiger partial charge < -0.3 is 0 Å². The normalized spacial score (nSPS) is 9.50. The van der Waals surface area contributed by atoms with Gasteiger partial charge in [-0.05, 0) is 34.0 Å². The van der Waals surface area contributed by atoms with E-state index in [4.69, 9.17) is 0 Å². The van der Waals surface area contributed by atoms with Crippen molar-refractivity contribution in [2.45, 2.75) is 20.8 Å². The van der Waals surface area contributed by atoms with E-state index < -0.39 is 0 Å². The Hall–Kier alpha value is -1.09. The smallest absolute Gasteiger partial charge is 0.0103 e. The minimum Gasteiger partial charge on any atom is -0.107 e. The molecule has 0 spiro atoms. The number of rotatable bonds is 0. The zero-order valence-corrected chi connectivity index (χ0v) is 13.4. The molecule has 0 aliphatic carbocycles. The van der Waals surface area contributed by atoms with Gasteiger partial charge in [0.05, 0.1) is 0 Å².